The van der Waals surface area contributed by atoms with Crippen molar-refractivity contribution in [3.8, 4) is 0 Å². The second-order valence-electron chi connectivity index (χ2n) is 3.53. The van der Waals surface area contributed by atoms with Crippen molar-refractivity contribution >= 4 is 0 Å². The molecule has 1 fully saturated rings. The van der Waals surface area contributed by atoms with Crippen molar-refractivity contribution in [3.63, 3.8) is 0 Å². The van der Waals surface area contributed by atoms with Crippen LogP contribution in [0.3, 0.4) is 0 Å². The minimum atomic E-state index is 0.411. The highest BCUT2D eigenvalue weighted by molar-refractivity contribution is 4.93. The summed E-state index contributed by atoms with van der Waals surface area (Å²) in [6.07, 6.45) is 2.86. The molecule has 54 valence electrons. The predicted molar refractivity (Wildman–Crippen MR) is 40.5 cm³/mol. The number of hydrogen-bond donors (Lipinski definition) is 1. The molecule has 9 heavy (non-hydrogen) atoms. The van der Waals surface area contributed by atoms with E-state index in [1.165, 1.54) is 12.8 Å². The third kappa shape index (κ3) is 1.68. The van der Waals surface area contributed by atoms with Gasteiger partial charge in [0.2, 0.25) is 0 Å². The molecule has 1 heteroatoms. The van der Waals surface area contributed by atoms with Crippen LogP contribution in [-0.4, -0.2) is 12.1 Å². The Morgan fingerprint density at radius 2 is 2.00 bits per heavy atom. The van der Waals surface area contributed by atoms with Gasteiger partial charge in [-0.05, 0) is 39.2 Å². The average molecular weight is 127 g/mol. The van der Waals surface area contributed by atoms with Crippen molar-refractivity contribution in [2.45, 2.75) is 39.2 Å². The van der Waals surface area contributed by atoms with Gasteiger partial charge in [0.15, 0.2) is 0 Å². The SMILES string of the molecule is CCNC(C)(C)C1CC1. The minimum Gasteiger partial charge on any atom is -0.312 e. The van der Waals surface area contributed by atoms with Crippen LogP contribution < -0.4 is 5.32 Å². The van der Waals surface area contributed by atoms with Gasteiger partial charge in [0.25, 0.3) is 0 Å². The molecule has 0 aromatic heterocycles. The molecule has 0 atom stereocenters. The Bertz CT molecular complexity index is 92.7. The second-order valence-corrected chi connectivity index (χ2v) is 3.53. The maximum absolute atomic E-state index is 3.48. The Kier molecular flexibility index (Phi) is 1.80. The van der Waals surface area contributed by atoms with Crippen molar-refractivity contribution < 1.29 is 0 Å². The summed E-state index contributed by atoms with van der Waals surface area (Å²) in [7, 11) is 0. The highest BCUT2D eigenvalue weighted by Gasteiger charge is 2.36. The predicted octanol–water partition coefficient (Wildman–Crippen LogP) is 1.78. The molecule has 1 aliphatic rings. The molecule has 1 saturated carbocycles. The van der Waals surface area contributed by atoms with E-state index in [4.69, 9.17) is 0 Å². The first-order valence-electron chi connectivity index (χ1n) is 3.92. The fourth-order valence-electron chi connectivity index (χ4n) is 1.40. The smallest absolute Gasteiger partial charge is 0.0153 e. The molecule has 0 radical (unpaired) electrons. The van der Waals surface area contributed by atoms with Gasteiger partial charge in [-0.25, -0.2) is 0 Å². The molecule has 0 unspecified atom stereocenters. The summed E-state index contributed by atoms with van der Waals surface area (Å²) >= 11 is 0. The Labute approximate surface area is 57.8 Å². The van der Waals surface area contributed by atoms with Crippen LogP contribution in [0, 0.1) is 5.92 Å². The summed E-state index contributed by atoms with van der Waals surface area (Å²) in [5.41, 5.74) is 0.411. The Morgan fingerprint density at radius 3 is 2.33 bits per heavy atom. The largest absolute Gasteiger partial charge is 0.312 e. The van der Waals surface area contributed by atoms with E-state index in [1.807, 2.05) is 0 Å². The van der Waals surface area contributed by atoms with Gasteiger partial charge in [-0.15, -0.1) is 0 Å². The van der Waals surface area contributed by atoms with E-state index in [9.17, 15) is 0 Å². The van der Waals surface area contributed by atoms with Gasteiger partial charge in [-0.3, -0.25) is 0 Å². The summed E-state index contributed by atoms with van der Waals surface area (Å²) in [5, 5.41) is 3.48. The standard InChI is InChI=1S/C8H17N/c1-4-9-8(2,3)7-5-6-7/h7,9H,4-6H2,1-3H3. The van der Waals surface area contributed by atoms with Crippen LogP contribution >= 0.6 is 0 Å². The molecular weight excluding hydrogens is 110 g/mol. The van der Waals surface area contributed by atoms with Gasteiger partial charge >= 0.3 is 0 Å². The van der Waals surface area contributed by atoms with E-state index in [-0.39, 0.29) is 0 Å². The third-order valence-corrected chi connectivity index (χ3v) is 2.23. The van der Waals surface area contributed by atoms with E-state index in [2.05, 4.69) is 26.1 Å². The molecule has 1 rings (SSSR count). The zero-order valence-corrected chi connectivity index (χ0v) is 6.70. The Hall–Kier alpha value is -0.0400. The lowest BCUT2D eigenvalue weighted by atomic mass is 9.99. The number of hydrogen-bond acceptors (Lipinski definition) is 1. The fraction of sp³-hybridized carbons (Fsp3) is 1.00. The van der Waals surface area contributed by atoms with Crippen LogP contribution in [0.5, 0.6) is 0 Å². The first-order valence-corrected chi connectivity index (χ1v) is 3.92. The van der Waals surface area contributed by atoms with Crippen molar-refractivity contribution in [2.24, 2.45) is 5.92 Å². The van der Waals surface area contributed by atoms with Gasteiger partial charge in [0.1, 0.15) is 0 Å². The summed E-state index contributed by atoms with van der Waals surface area (Å²) in [5.74, 6) is 0.956. The van der Waals surface area contributed by atoms with E-state index in [1.54, 1.807) is 0 Å². The summed E-state index contributed by atoms with van der Waals surface area (Å²) < 4.78 is 0. The molecule has 0 aliphatic heterocycles. The summed E-state index contributed by atoms with van der Waals surface area (Å²) in [6, 6.07) is 0. The number of rotatable bonds is 3. The average Bonchev–Trinajstić information content (AvgIpc) is 2.41. The lowest BCUT2D eigenvalue weighted by Crippen LogP contribution is -2.40. The van der Waals surface area contributed by atoms with E-state index in [0.29, 0.717) is 5.54 Å². The molecule has 0 aromatic rings. The summed E-state index contributed by atoms with van der Waals surface area (Å²) in [6.45, 7) is 7.87. The lowest BCUT2D eigenvalue weighted by molar-refractivity contribution is 0.350. The first-order chi connectivity index (χ1) is 4.17. The van der Waals surface area contributed by atoms with Gasteiger partial charge in [0.05, 0.1) is 0 Å². The second kappa shape index (κ2) is 2.30. The van der Waals surface area contributed by atoms with Gasteiger partial charge in [0, 0.05) is 5.54 Å². The molecule has 0 amide bonds. The summed E-state index contributed by atoms with van der Waals surface area (Å²) in [4.78, 5) is 0. The topological polar surface area (TPSA) is 12.0 Å². The van der Waals surface area contributed by atoms with E-state index in [0.717, 1.165) is 12.5 Å². The Balaban J connectivity index is 2.30. The van der Waals surface area contributed by atoms with Crippen LogP contribution in [0.25, 0.3) is 0 Å². The van der Waals surface area contributed by atoms with E-state index >= 15 is 0 Å². The van der Waals surface area contributed by atoms with Gasteiger partial charge in [-0.2, -0.15) is 0 Å². The monoisotopic (exact) mass is 127 g/mol. The molecule has 0 heterocycles. The molecule has 0 aromatic carbocycles. The van der Waals surface area contributed by atoms with Crippen molar-refractivity contribution in [3.05, 3.63) is 0 Å². The molecule has 0 bridgehead atoms. The molecule has 1 N–H and O–H groups in total. The fourth-order valence-corrected chi connectivity index (χ4v) is 1.40. The zero-order valence-electron chi connectivity index (χ0n) is 6.70. The van der Waals surface area contributed by atoms with Crippen LogP contribution in [0.2, 0.25) is 0 Å². The first kappa shape index (κ1) is 7.07. The van der Waals surface area contributed by atoms with Crippen LogP contribution in [-0.2, 0) is 0 Å². The Morgan fingerprint density at radius 1 is 1.44 bits per heavy atom. The van der Waals surface area contributed by atoms with Crippen LogP contribution in [0.4, 0.5) is 0 Å². The normalized spacial score (nSPS) is 20.3. The molecule has 1 nitrogen and oxygen atoms in total. The number of nitrogens with one attached hydrogen (secondary N) is 1. The van der Waals surface area contributed by atoms with Gasteiger partial charge in [-0.1, -0.05) is 6.92 Å². The molecule has 1 aliphatic carbocycles. The van der Waals surface area contributed by atoms with Crippen molar-refractivity contribution in [2.75, 3.05) is 6.54 Å². The van der Waals surface area contributed by atoms with Crippen LogP contribution in [0.1, 0.15) is 33.6 Å². The molecule has 0 saturated heterocycles. The minimum absolute atomic E-state index is 0.411. The van der Waals surface area contributed by atoms with Gasteiger partial charge < -0.3 is 5.32 Å². The van der Waals surface area contributed by atoms with Crippen LogP contribution in [0.15, 0.2) is 0 Å². The quantitative estimate of drug-likeness (QED) is 0.609. The van der Waals surface area contributed by atoms with Crippen molar-refractivity contribution in [1.29, 1.82) is 0 Å². The molecule has 0 spiro atoms. The highest BCUT2D eigenvalue weighted by Crippen LogP contribution is 2.38. The highest BCUT2D eigenvalue weighted by atomic mass is 15.0. The maximum Gasteiger partial charge on any atom is 0.0153 e. The van der Waals surface area contributed by atoms with Crippen molar-refractivity contribution in [1.82, 2.24) is 5.32 Å². The van der Waals surface area contributed by atoms with E-state index < -0.39 is 0 Å². The third-order valence-electron chi connectivity index (χ3n) is 2.23. The molecular formula is C8H17N. The lowest BCUT2D eigenvalue weighted by Gasteiger charge is -2.25. The maximum atomic E-state index is 3.48. The zero-order chi connectivity index (χ0) is 6.91.